The van der Waals surface area contributed by atoms with Gasteiger partial charge in [-0.05, 0) is 0 Å². The average molecular weight is 199 g/mol. The molecule has 0 fully saturated rings. The van der Waals surface area contributed by atoms with Crippen LogP contribution in [0.1, 0.15) is 0 Å². The number of thiocarbonyl (C=S) groups is 1. The van der Waals surface area contributed by atoms with Crippen molar-refractivity contribution in [3.8, 4) is 0 Å². The van der Waals surface area contributed by atoms with Gasteiger partial charge in [-0.15, -0.1) is 0 Å². The first-order valence-electron chi connectivity index (χ1n) is 2.50. The van der Waals surface area contributed by atoms with Gasteiger partial charge in [0.25, 0.3) is 0 Å². The Hall–Kier alpha value is 0.590. The first-order valence-corrected chi connectivity index (χ1v) is 5.68. The maximum Gasteiger partial charge on any atom is 0.237 e. The van der Waals surface area contributed by atoms with Crippen molar-refractivity contribution < 1.29 is 9.05 Å². The summed E-state index contributed by atoms with van der Waals surface area (Å²) in [5.74, 6) is 0.614. The van der Waals surface area contributed by atoms with E-state index >= 15 is 0 Å². The van der Waals surface area contributed by atoms with Gasteiger partial charge in [0.2, 0.25) is 7.58 Å². The minimum absolute atomic E-state index is 0.478. The number of hydrogen-bond donors (Lipinski definition) is 1. The zero-order valence-electron chi connectivity index (χ0n) is 5.86. The van der Waals surface area contributed by atoms with Crippen molar-refractivity contribution in [1.29, 1.82) is 0 Å². The number of nitrogens with two attached hydrogens (primary N) is 1. The smallest absolute Gasteiger partial charge is 0.237 e. The van der Waals surface area contributed by atoms with Gasteiger partial charge in [0.05, 0.1) is 10.7 Å². The Morgan fingerprint density at radius 1 is 1.60 bits per heavy atom. The molecule has 0 aliphatic carbocycles. The first kappa shape index (κ1) is 10.6. The van der Waals surface area contributed by atoms with Crippen LogP contribution in [0.2, 0.25) is 0 Å². The largest absolute Gasteiger partial charge is 0.393 e. The van der Waals surface area contributed by atoms with E-state index in [1.54, 1.807) is 14.2 Å². The molecule has 0 aromatic rings. The highest BCUT2D eigenvalue weighted by Gasteiger charge is 2.06. The molecule has 60 valence electrons. The Morgan fingerprint density at radius 3 is 2.40 bits per heavy atom. The Labute approximate surface area is 71.3 Å². The van der Waals surface area contributed by atoms with Gasteiger partial charge in [-0.25, -0.2) is 0 Å². The summed E-state index contributed by atoms with van der Waals surface area (Å²) in [6.07, 6.45) is 0. The molecular weight excluding hydrogens is 189 g/mol. The van der Waals surface area contributed by atoms with Crippen molar-refractivity contribution in [3.63, 3.8) is 0 Å². The molecule has 10 heavy (non-hydrogen) atoms. The standard InChI is InChI=1S/C4H10NO2PS2/c1-6-8(7-2)10-3-4(5)9/h3H2,1-2H3,(H2,5,9). The summed E-state index contributed by atoms with van der Waals surface area (Å²) in [5, 5.41) is 0. The van der Waals surface area contributed by atoms with Crippen LogP contribution in [-0.4, -0.2) is 25.0 Å². The van der Waals surface area contributed by atoms with Crippen molar-refractivity contribution in [1.82, 2.24) is 0 Å². The lowest BCUT2D eigenvalue weighted by atomic mass is 10.8. The summed E-state index contributed by atoms with van der Waals surface area (Å²) in [6.45, 7) is 0. The van der Waals surface area contributed by atoms with E-state index in [9.17, 15) is 0 Å². The minimum atomic E-state index is -0.840. The van der Waals surface area contributed by atoms with E-state index in [4.69, 9.17) is 14.8 Å². The van der Waals surface area contributed by atoms with E-state index in [1.807, 2.05) is 0 Å². The van der Waals surface area contributed by atoms with Crippen molar-refractivity contribution >= 4 is 36.2 Å². The quantitative estimate of drug-likeness (QED) is 0.537. The molecular formula is C4H10NO2PS2. The summed E-state index contributed by atoms with van der Waals surface area (Å²) in [5.41, 5.74) is 5.26. The predicted molar refractivity (Wildman–Crippen MR) is 50.2 cm³/mol. The molecule has 0 spiro atoms. The van der Waals surface area contributed by atoms with Crippen molar-refractivity contribution in [2.24, 2.45) is 5.73 Å². The van der Waals surface area contributed by atoms with Crippen LogP contribution in [0.25, 0.3) is 0 Å². The molecule has 0 saturated carbocycles. The minimum Gasteiger partial charge on any atom is -0.393 e. The summed E-state index contributed by atoms with van der Waals surface area (Å²) in [4.78, 5) is 0.478. The lowest BCUT2D eigenvalue weighted by Gasteiger charge is -2.09. The maximum absolute atomic E-state index is 5.26. The molecule has 2 N–H and O–H groups in total. The molecule has 0 atom stereocenters. The third kappa shape index (κ3) is 5.38. The topological polar surface area (TPSA) is 44.5 Å². The van der Waals surface area contributed by atoms with Gasteiger partial charge < -0.3 is 14.8 Å². The Morgan fingerprint density at radius 2 is 2.10 bits per heavy atom. The van der Waals surface area contributed by atoms with Gasteiger partial charge in [0.15, 0.2) is 0 Å². The Balaban J connectivity index is 3.34. The van der Waals surface area contributed by atoms with Crippen molar-refractivity contribution in [3.05, 3.63) is 0 Å². The predicted octanol–water partition coefficient (Wildman–Crippen LogP) is 1.53. The normalized spacial score (nSPS) is 10.3. The van der Waals surface area contributed by atoms with Crippen LogP contribution in [0.3, 0.4) is 0 Å². The lowest BCUT2D eigenvalue weighted by Crippen LogP contribution is -2.09. The van der Waals surface area contributed by atoms with Crippen LogP contribution in [0, 0.1) is 0 Å². The number of rotatable bonds is 5. The fraction of sp³-hybridized carbons (Fsp3) is 0.750. The van der Waals surface area contributed by atoms with E-state index in [0.717, 1.165) is 0 Å². The van der Waals surface area contributed by atoms with E-state index in [2.05, 4.69) is 12.2 Å². The second-order valence-corrected chi connectivity index (χ2v) is 5.25. The monoisotopic (exact) mass is 199 g/mol. The van der Waals surface area contributed by atoms with Crippen LogP contribution in [0.5, 0.6) is 0 Å². The molecule has 3 nitrogen and oxygen atoms in total. The van der Waals surface area contributed by atoms with Gasteiger partial charge in [-0.3, -0.25) is 0 Å². The van der Waals surface area contributed by atoms with Crippen LogP contribution >= 0.6 is 31.2 Å². The molecule has 0 unspecified atom stereocenters. The zero-order valence-corrected chi connectivity index (χ0v) is 8.39. The van der Waals surface area contributed by atoms with Gasteiger partial charge in [0.1, 0.15) is 0 Å². The van der Waals surface area contributed by atoms with Gasteiger partial charge in [-0.2, -0.15) is 0 Å². The highest BCUT2D eigenvalue weighted by Crippen LogP contribution is 2.49. The fourth-order valence-electron chi connectivity index (χ4n) is 0.296. The Bertz CT molecular complexity index is 109. The lowest BCUT2D eigenvalue weighted by molar-refractivity contribution is 0.357. The molecule has 0 aliphatic heterocycles. The molecule has 0 amide bonds. The molecule has 0 saturated heterocycles. The third-order valence-corrected chi connectivity index (χ3v) is 4.10. The van der Waals surface area contributed by atoms with E-state index < -0.39 is 7.58 Å². The second kappa shape index (κ2) is 6.31. The average Bonchev–Trinajstić information content (AvgIpc) is 1.90. The van der Waals surface area contributed by atoms with Crippen LogP contribution in [0.15, 0.2) is 0 Å². The molecule has 0 bridgehead atoms. The zero-order chi connectivity index (χ0) is 7.98. The molecule has 0 aromatic heterocycles. The van der Waals surface area contributed by atoms with Gasteiger partial charge >= 0.3 is 0 Å². The third-order valence-electron chi connectivity index (χ3n) is 0.610. The maximum atomic E-state index is 5.26. The first-order chi connectivity index (χ1) is 4.70. The van der Waals surface area contributed by atoms with E-state index in [-0.39, 0.29) is 0 Å². The van der Waals surface area contributed by atoms with Gasteiger partial charge in [-0.1, -0.05) is 23.6 Å². The van der Waals surface area contributed by atoms with Crippen molar-refractivity contribution in [2.45, 2.75) is 0 Å². The highest BCUT2D eigenvalue weighted by atomic mass is 32.7. The summed E-state index contributed by atoms with van der Waals surface area (Å²) < 4.78 is 9.88. The molecule has 6 heteroatoms. The second-order valence-electron chi connectivity index (χ2n) is 1.33. The highest BCUT2D eigenvalue weighted by molar-refractivity contribution is 8.53. The summed E-state index contributed by atoms with van der Waals surface area (Å²) in [6, 6.07) is 0. The molecule has 0 rings (SSSR count). The molecule has 0 aliphatic rings. The summed E-state index contributed by atoms with van der Waals surface area (Å²) in [7, 11) is 2.36. The van der Waals surface area contributed by atoms with Crippen LogP contribution in [-0.2, 0) is 9.05 Å². The molecule has 0 heterocycles. The summed E-state index contributed by atoms with van der Waals surface area (Å²) >= 11 is 6.15. The SMILES string of the molecule is COP(OC)SCC(N)=S. The van der Waals surface area contributed by atoms with E-state index in [1.165, 1.54) is 11.4 Å². The molecule has 0 radical (unpaired) electrons. The van der Waals surface area contributed by atoms with Gasteiger partial charge in [0, 0.05) is 14.2 Å². The van der Waals surface area contributed by atoms with Crippen LogP contribution in [0.4, 0.5) is 0 Å². The fourth-order valence-corrected chi connectivity index (χ4v) is 2.69. The Kier molecular flexibility index (Phi) is 6.68. The van der Waals surface area contributed by atoms with Crippen molar-refractivity contribution in [2.75, 3.05) is 20.0 Å². The van der Waals surface area contributed by atoms with Crippen LogP contribution < -0.4 is 5.73 Å². The van der Waals surface area contributed by atoms with E-state index in [0.29, 0.717) is 10.7 Å². The molecule has 0 aromatic carbocycles. The number of hydrogen-bond acceptors (Lipinski definition) is 4.